The number of carbonyl (C=O) groups is 1. The van der Waals surface area contributed by atoms with E-state index in [4.69, 9.17) is 24.0 Å². The number of rotatable bonds is 8. The third-order valence-electron chi connectivity index (χ3n) is 5.26. The van der Waals surface area contributed by atoms with Crippen LogP contribution in [-0.4, -0.2) is 44.0 Å². The molecule has 0 aliphatic rings. The molecule has 3 aromatic carbocycles. The summed E-state index contributed by atoms with van der Waals surface area (Å²) in [6, 6.07) is 18.7. The van der Waals surface area contributed by atoms with Crippen LogP contribution in [-0.2, 0) is 6.54 Å². The monoisotopic (exact) mass is 432 g/mol. The Kier molecular flexibility index (Phi) is 5.98. The van der Waals surface area contributed by atoms with Gasteiger partial charge in [0.25, 0.3) is 0 Å². The molecule has 0 N–H and O–H groups in total. The molecule has 0 fully saturated rings. The van der Waals surface area contributed by atoms with Crippen molar-refractivity contribution in [3.05, 3.63) is 77.5 Å². The molecule has 4 rings (SSSR count). The highest BCUT2D eigenvalue weighted by Gasteiger charge is 2.24. The fourth-order valence-electron chi connectivity index (χ4n) is 3.70. The van der Waals surface area contributed by atoms with Crippen LogP contribution < -0.4 is 18.9 Å². The van der Waals surface area contributed by atoms with Crippen LogP contribution in [0.5, 0.6) is 23.0 Å². The molecule has 0 aliphatic carbocycles. The smallest absolute Gasteiger partial charge is 0.211 e. The molecule has 1 heterocycles. The lowest BCUT2D eigenvalue weighted by molar-refractivity contribution is 0.103. The molecular formula is C25H24N2O5. The Bertz CT molecular complexity index is 1240. The maximum Gasteiger partial charge on any atom is 0.211 e. The Labute approximate surface area is 186 Å². The number of fused-ring (bicyclic) bond motifs is 1. The van der Waals surface area contributed by atoms with E-state index < -0.39 is 0 Å². The Hall–Kier alpha value is -4.00. The predicted octanol–water partition coefficient (Wildman–Crippen LogP) is 4.35. The molecule has 164 valence electrons. The van der Waals surface area contributed by atoms with E-state index in [9.17, 15) is 4.79 Å². The molecule has 0 spiro atoms. The van der Waals surface area contributed by atoms with Crippen LogP contribution in [0.2, 0.25) is 0 Å². The molecule has 7 heteroatoms. The van der Waals surface area contributed by atoms with Gasteiger partial charge in [0.05, 0.1) is 40.5 Å². The maximum atomic E-state index is 13.8. The first kappa shape index (κ1) is 21.2. The Balaban J connectivity index is 1.89. The number of methoxy groups -OCH3 is 4. The van der Waals surface area contributed by atoms with Crippen LogP contribution in [0.15, 0.2) is 60.7 Å². The number of benzene rings is 3. The van der Waals surface area contributed by atoms with Crippen molar-refractivity contribution in [1.82, 2.24) is 9.78 Å². The van der Waals surface area contributed by atoms with Gasteiger partial charge in [0.1, 0.15) is 11.4 Å². The Morgan fingerprint density at radius 2 is 1.53 bits per heavy atom. The van der Waals surface area contributed by atoms with Crippen LogP contribution in [0.4, 0.5) is 0 Å². The quantitative estimate of drug-likeness (QED) is 0.386. The molecule has 1 aromatic heterocycles. The molecule has 0 amide bonds. The largest absolute Gasteiger partial charge is 0.497 e. The topological polar surface area (TPSA) is 71.8 Å². The van der Waals surface area contributed by atoms with Crippen molar-refractivity contribution in [2.24, 2.45) is 0 Å². The zero-order valence-corrected chi connectivity index (χ0v) is 18.4. The summed E-state index contributed by atoms with van der Waals surface area (Å²) in [6.45, 7) is 0.448. The van der Waals surface area contributed by atoms with E-state index in [2.05, 4.69) is 0 Å². The minimum Gasteiger partial charge on any atom is -0.497 e. The van der Waals surface area contributed by atoms with Crippen molar-refractivity contribution in [2.75, 3.05) is 28.4 Å². The molecule has 0 aliphatic heterocycles. The van der Waals surface area contributed by atoms with Gasteiger partial charge in [-0.05, 0) is 29.8 Å². The molecule has 0 atom stereocenters. The molecule has 4 aromatic rings. The molecule has 0 saturated carbocycles. The van der Waals surface area contributed by atoms with Gasteiger partial charge in [-0.25, -0.2) is 0 Å². The third kappa shape index (κ3) is 3.85. The van der Waals surface area contributed by atoms with Crippen LogP contribution in [0.1, 0.15) is 21.6 Å². The number of carbonyl (C=O) groups excluding carboxylic acids is 1. The van der Waals surface area contributed by atoms with E-state index >= 15 is 0 Å². The average Bonchev–Trinajstić information content (AvgIpc) is 3.19. The molecule has 0 saturated heterocycles. The summed E-state index contributed by atoms with van der Waals surface area (Å²) in [4.78, 5) is 13.8. The van der Waals surface area contributed by atoms with Gasteiger partial charge in [-0.1, -0.05) is 30.3 Å². The lowest BCUT2D eigenvalue weighted by atomic mass is 10.0. The van der Waals surface area contributed by atoms with Gasteiger partial charge in [-0.3, -0.25) is 9.48 Å². The second-order valence-corrected chi connectivity index (χ2v) is 7.12. The van der Waals surface area contributed by atoms with E-state index in [1.54, 1.807) is 23.9 Å². The van der Waals surface area contributed by atoms with E-state index in [-0.39, 0.29) is 5.78 Å². The van der Waals surface area contributed by atoms with E-state index in [0.717, 1.165) is 10.9 Å². The number of hydrogen-bond donors (Lipinski definition) is 0. The van der Waals surface area contributed by atoms with Crippen molar-refractivity contribution < 1.29 is 23.7 Å². The van der Waals surface area contributed by atoms with Crippen LogP contribution in [0.25, 0.3) is 10.9 Å². The minimum atomic E-state index is -0.201. The van der Waals surface area contributed by atoms with Gasteiger partial charge in [0.2, 0.25) is 11.5 Å². The van der Waals surface area contributed by atoms with Crippen molar-refractivity contribution in [1.29, 1.82) is 0 Å². The van der Waals surface area contributed by atoms with Gasteiger partial charge in [-0.15, -0.1) is 0 Å². The van der Waals surface area contributed by atoms with Crippen LogP contribution in [0.3, 0.4) is 0 Å². The number of aromatic nitrogens is 2. The molecule has 7 nitrogen and oxygen atoms in total. The minimum absolute atomic E-state index is 0.201. The first-order valence-electron chi connectivity index (χ1n) is 10.0. The normalized spacial score (nSPS) is 10.8. The Morgan fingerprint density at radius 1 is 0.844 bits per heavy atom. The van der Waals surface area contributed by atoms with Crippen molar-refractivity contribution in [3.8, 4) is 23.0 Å². The molecule has 0 bridgehead atoms. The fraction of sp³-hybridized carbons (Fsp3) is 0.200. The molecule has 0 radical (unpaired) electrons. The van der Waals surface area contributed by atoms with E-state index in [1.807, 2.05) is 48.5 Å². The zero-order valence-electron chi connectivity index (χ0n) is 18.4. The van der Waals surface area contributed by atoms with Crippen LogP contribution in [0, 0.1) is 0 Å². The SMILES string of the molecule is COc1ccc2c(C(=O)c3cc(OC)c(OC)c(OC)c3)n(Cc3ccccc3)nc2c1. The lowest BCUT2D eigenvalue weighted by Crippen LogP contribution is -2.13. The predicted molar refractivity (Wildman–Crippen MR) is 121 cm³/mol. The first-order valence-corrected chi connectivity index (χ1v) is 10.0. The average molecular weight is 432 g/mol. The second kappa shape index (κ2) is 9.01. The third-order valence-corrected chi connectivity index (χ3v) is 5.26. The summed E-state index contributed by atoms with van der Waals surface area (Å²) in [5.41, 5.74) is 2.59. The van der Waals surface area contributed by atoms with E-state index in [0.29, 0.717) is 46.3 Å². The lowest BCUT2D eigenvalue weighted by Gasteiger charge is -2.14. The van der Waals surface area contributed by atoms with Gasteiger partial charge < -0.3 is 18.9 Å². The number of nitrogens with zero attached hydrogens (tertiary/aromatic N) is 2. The summed E-state index contributed by atoms with van der Waals surface area (Å²) < 4.78 is 23.3. The molecule has 0 unspecified atom stereocenters. The molecular weight excluding hydrogens is 408 g/mol. The maximum absolute atomic E-state index is 13.8. The van der Waals surface area contributed by atoms with Crippen molar-refractivity contribution in [2.45, 2.75) is 6.54 Å². The summed E-state index contributed by atoms with van der Waals surface area (Å²) in [7, 11) is 6.17. The second-order valence-electron chi connectivity index (χ2n) is 7.12. The van der Waals surface area contributed by atoms with Crippen molar-refractivity contribution >= 4 is 16.7 Å². The molecule has 32 heavy (non-hydrogen) atoms. The van der Waals surface area contributed by atoms with Gasteiger partial charge in [0, 0.05) is 17.0 Å². The zero-order chi connectivity index (χ0) is 22.7. The van der Waals surface area contributed by atoms with Gasteiger partial charge in [0.15, 0.2) is 11.5 Å². The highest BCUT2D eigenvalue weighted by Crippen LogP contribution is 2.39. The fourth-order valence-corrected chi connectivity index (χ4v) is 3.70. The van der Waals surface area contributed by atoms with Gasteiger partial charge in [-0.2, -0.15) is 5.10 Å². The number of hydrogen-bond acceptors (Lipinski definition) is 6. The van der Waals surface area contributed by atoms with Crippen molar-refractivity contribution in [3.63, 3.8) is 0 Å². The van der Waals surface area contributed by atoms with Gasteiger partial charge >= 0.3 is 0 Å². The summed E-state index contributed by atoms with van der Waals surface area (Å²) in [5, 5.41) is 5.45. The van der Waals surface area contributed by atoms with Crippen LogP contribution >= 0.6 is 0 Å². The Morgan fingerprint density at radius 3 is 2.12 bits per heavy atom. The highest BCUT2D eigenvalue weighted by molar-refractivity contribution is 6.15. The number of ether oxygens (including phenoxy) is 4. The highest BCUT2D eigenvalue weighted by atomic mass is 16.5. The summed E-state index contributed by atoms with van der Waals surface area (Å²) in [5.74, 6) is 1.73. The standard InChI is InChI=1S/C25H24N2O5/c1-29-18-10-11-19-20(14-18)26-27(15-16-8-6-5-7-9-16)23(19)24(28)17-12-21(30-2)25(32-4)22(13-17)31-3/h5-14H,15H2,1-4H3. The van der Waals surface area contributed by atoms with E-state index in [1.165, 1.54) is 21.3 Å². The summed E-state index contributed by atoms with van der Waals surface area (Å²) in [6.07, 6.45) is 0. The summed E-state index contributed by atoms with van der Waals surface area (Å²) >= 11 is 0. The first-order chi connectivity index (χ1) is 15.6. The number of ketones is 1.